The predicted octanol–water partition coefficient (Wildman–Crippen LogP) is 8.40. The molecule has 34 heavy (non-hydrogen) atoms. The van der Waals surface area contributed by atoms with Crippen LogP contribution < -0.4 is 5.73 Å². The quantitative estimate of drug-likeness (QED) is 0.173. The lowest BCUT2D eigenvalue weighted by Gasteiger charge is -2.08. The van der Waals surface area contributed by atoms with Crippen molar-refractivity contribution in [2.24, 2.45) is 0 Å². The van der Waals surface area contributed by atoms with Crippen LogP contribution in [0.1, 0.15) is 22.3 Å². The van der Waals surface area contributed by atoms with Gasteiger partial charge in [-0.2, -0.15) is 0 Å². The van der Waals surface area contributed by atoms with Crippen molar-refractivity contribution in [1.82, 2.24) is 0 Å². The van der Waals surface area contributed by atoms with Crippen molar-refractivity contribution in [2.45, 2.75) is 47.3 Å². The summed E-state index contributed by atoms with van der Waals surface area (Å²) < 4.78 is 0. The van der Waals surface area contributed by atoms with Crippen LogP contribution in [0.15, 0.2) is 105 Å². The lowest BCUT2D eigenvalue weighted by atomic mass is 10.2. The smallest absolute Gasteiger partial charge is 0.283 e. The summed E-state index contributed by atoms with van der Waals surface area (Å²) in [6, 6.07) is 27.4. The Morgan fingerprint density at radius 2 is 1.12 bits per heavy atom. The molecular weight excluding hydrogens is 460 g/mol. The normalized spacial score (nSPS) is 10.4. The van der Waals surface area contributed by atoms with E-state index in [0.717, 1.165) is 21.0 Å². The van der Waals surface area contributed by atoms with E-state index >= 15 is 0 Å². The van der Waals surface area contributed by atoms with Crippen LogP contribution in [0, 0.1) is 37.8 Å². The number of anilines is 1. The van der Waals surface area contributed by atoms with Gasteiger partial charge in [0.25, 0.3) is 5.69 Å². The number of nitro benzene ring substituents is 1. The molecule has 0 saturated carbocycles. The molecule has 0 spiro atoms. The average Bonchev–Trinajstić information content (AvgIpc) is 2.79. The zero-order valence-electron chi connectivity index (χ0n) is 19.7. The third kappa shape index (κ3) is 6.89. The van der Waals surface area contributed by atoms with Gasteiger partial charge >= 0.3 is 0 Å². The van der Waals surface area contributed by atoms with Crippen molar-refractivity contribution in [3.05, 3.63) is 117 Å². The molecule has 0 aliphatic carbocycles. The molecule has 0 aliphatic heterocycles. The van der Waals surface area contributed by atoms with Crippen molar-refractivity contribution in [3.8, 4) is 0 Å². The van der Waals surface area contributed by atoms with E-state index in [1.54, 1.807) is 23.9 Å². The van der Waals surface area contributed by atoms with Crippen LogP contribution in [0.2, 0.25) is 0 Å². The summed E-state index contributed by atoms with van der Waals surface area (Å²) in [6.45, 7) is 8.29. The average molecular weight is 489 g/mol. The summed E-state index contributed by atoms with van der Waals surface area (Å²) in [4.78, 5) is 14.7. The molecule has 2 N–H and O–H groups in total. The molecule has 0 amide bonds. The number of nitrogens with zero attached hydrogens (tertiary/aromatic N) is 1. The number of nitro groups is 1. The standard InChI is InChI=1S/C14H13NO2S.C14H15NS/c1-10-7-8-13(11(2)9-10)18-14-6-4-3-5-12(14)15(16)17;1-10-7-8-13(11(2)9-10)16-14-6-4-3-5-12(14)15/h3-9H,1-2H3;3-9H,15H2,1-2H3. The molecular formula is C28H28N2O2S2. The molecule has 4 rings (SSSR count). The molecule has 4 aromatic rings. The number of aryl methyl sites for hydroxylation is 4. The van der Waals surface area contributed by atoms with E-state index in [4.69, 9.17) is 5.73 Å². The molecule has 0 radical (unpaired) electrons. The summed E-state index contributed by atoms with van der Waals surface area (Å²) in [5, 5.41) is 10.9. The maximum Gasteiger partial charge on any atom is 0.283 e. The SMILES string of the molecule is Cc1ccc(Sc2ccccc2N)c(C)c1.Cc1ccc(Sc2ccccc2[N+](=O)[O-])c(C)c1. The van der Waals surface area contributed by atoms with E-state index in [2.05, 4.69) is 44.2 Å². The molecule has 0 atom stereocenters. The number of nitrogen functional groups attached to an aromatic ring is 1. The molecule has 0 saturated heterocycles. The lowest BCUT2D eigenvalue weighted by Crippen LogP contribution is -1.90. The van der Waals surface area contributed by atoms with E-state index in [0.29, 0.717) is 4.90 Å². The fraction of sp³-hybridized carbons (Fsp3) is 0.143. The minimum Gasteiger partial charge on any atom is -0.398 e. The third-order valence-corrected chi connectivity index (χ3v) is 7.59. The Balaban J connectivity index is 0.000000192. The molecule has 6 heteroatoms. The lowest BCUT2D eigenvalue weighted by molar-refractivity contribution is -0.387. The first-order chi connectivity index (χ1) is 16.2. The summed E-state index contributed by atoms with van der Waals surface area (Å²) in [5.41, 5.74) is 11.8. The highest BCUT2D eigenvalue weighted by Crippen LogP contribution is 2.36. The van der Waals surface area contributed by atoms with Gasteiger partial charge in [0, 0.05) is 26.4 Å². The molecule has 0 heterocycles. The first-order valence-corrected chi connectivity index (χ1v) is 12.5. The first-order valence-electron chi connectivity index (χ1n) is 10.8. The van der Waals surface area contributed by atoms with Gasteiger partial charge in [0.05, 0.1) is 9.82 Å². The second-order valence-corrected chi connectivity index (χ2v) is 10.2. The number of benzene rings is 4. The Morgan fingerprint density at radius 1 is 0.647 bits per heavy atom. The van der Waals surface area contributed by atoms with E-state index in [1.165, 1.54) is 39.4 Å². The second kappa shape index (κ2) is 11.8. The van der Waals surface area contributed by atoms with Crippen LogP contribution in [0.5, 0.6) is 0 Å². The van der Waals surface area contributed by atoms with Crippen LogP contribution in [0.4, 0.5) is 11.4 Å². The fourth-order valence-corrected chi connectivity index (χ4v) is 5.24. The van der Waals surface area contributed by atoms with Gasteiger partial charge in [-0.1, -0.05) is 83.2 Å². The maximum absolute atomic E-state index is 10.9. The maximum atomic E-state index is 10.9. The van der Waals surface area contributed by atoms with Gasteiger partial charge in [0.2, 0.25) is 0 Å². The highest BCUT2D eigenvalue weighted by molar-refractivity contribution is 7.99. The summed E-state index contributed by atoms with van der Waals surface area (Å²) in [6.07, 6.45) is 0. The van der Waals surface area contributed by atoms with E-state index < -0.39 is 0 Å². The molecule has 0 fully saturated rings. The van der Waals surface area contributed by atoms with Gasteiger partial charge in [-0.3, -0.25) is 10.1 Å². The van der Waals surface area contributed by atoms with Gasteiger partial charge < -0.3 is 5.73 Å². The van der Waals surface area contributed by atoms with Crippen LogP contribution >= 0.6 is 23.5 Å². The summed E-state index contributed by atoms with van der Waals surface area (Å²) >= 11 is 3.16. The van der Waals surface area contributed by atoms with E-state index in [9.17, 15) is 10.1 Å². The minimum atomic E-state index is -0.341. The Kier molecular flexibility index (Phi) is 8.79. The fourth-order valence-electron chi connectivity index (χ4n) is 3.33. The Morgan fingerprint density at radius 3 is 1.62 bits per heavy atom. The zero-order chi connectivity index (χ0) is 24.7. The Bertz CT molecular complexity index is 1310. The van der Waals surface area contributed by atoms with Crippen molar-refractivity contribution in [3.63, 3.8) is 0 Å². The minimum absolute atomic E-state index is 0.155. The molecule has 0 bridgehead atoms. The van der Waals surface area contributed by atoms with Gasteiger partial charge in [0.15, 0.2) is 0 Å². The molecule has 0 aliphatic rings. The Hall–Kier alpha value is -3.22. The van der Waals surface area contributed by atoms with Crippen molar-refractivity contribution in [2.75, 3.05) is 5.73 Å². The van der Waals surface area contributed by atoms with Crippen LogP contribution in [-0.2, 0) is 0 Å². The van der Waals surface area contributed by atoms with Crippen molar-refractivity contribution in [1.29, 1.82) is 0 Å². The van der Waals surface area contributed by atoms with Crippen LogP contribution in [-0.4, -0.2) is 4.92 Å². The Labute approximate surface area is 209 Å². The highest BCUT2D eigenvalue weighted by atomic mass is 32.2. The van der Waals surface area contributed by atoms with Crippen molar-refractivity contribution < 1.29 is 4.92 Å². The number of hydrogen-bond donors (Lipinski definition) is 1. The summed E-state index contributed by atoms with van der Waals surface area (Å²) in [5.74, 6) is 0. The summed E-state index contributed by atoms with van der Waals surface area (Å²) in [7, 11) is 0. The predicted molar refractivity (Wildman–Crippen MR) is 144 cm³/mol. The van der Waals surface area contributed by atoms with Crippen molar-refractivity contribution >= 4 is 34.9 Å². The third-order valence-electron chi connectivity index (χ3n) is 5.08. The topological polar surface area (TPSA) is 69.2 Å². The van der Waals surface area contributed by atoms with Gasteiger partial charge in [-0.05, 0) is 69.2 Å². The molecule has 4 nitrogen and oxygen atoms in total. The number of rotatable bonds is 5. The molecule has 174 valence electrons. The van der Waals surface area contributed by atoms with Crippen LogP contribution in [0.3, 0.4) is 0 Å². The monoisotopic (exact) mass is 488 g/mol. The number of nitrogens with two attached hydrogens (primary N) is 1. The zero-order valence-corrected chi connectivity index (χ0v) is 21.4. The second-order valence-electron chi connectivity index (χ2n) is 8.00. The molecule has 0 aromatic heterocycles. The first kappa shape index (κ1) is 25.4. The van der Waals surface area contributed by atoms with Gasteiger partial charge in [-0.25, -0.2) is 0 Å². The molecule has 0 unspecified atom stereocenters. The number of para-hydroxylation sites is 2. The van der Waals surface area contributed by atoms with Gasteiger partial charge in [0.1, 0.15) is 0 Å². The highest BCUT2D eigenvalue weighted by Gasteiger charge is 2.14. The van der Waals surface area contributed by atoms with E-state index in [-0.39, 0.29) is 10.6 Å². The largest absolute Gasteiger partial charge is 0.398 e. The molecule has 4 aromatic carbocycles. The number of hydrogen-bond acceptors (Lipinski definition) is 5. The van der Waals surface area contributed by atoms with E-state index in [1.807, 2.05) is 50.2 Å². The van der Waals surface area contributed by atoms with Crippen LogP contribution in [0.25, 0.3) is 0 Å². The van der Waals surface area contributed by atoms with Gasteiger partial charge in [-0.15, -0.1) is 0 Å².